The minimum Gasteiger partial charge on any atom is -0.467 e. The molecule has 0 radical (unpaired) electrons. The molecule has 0 saturated heterocycles. The van der Waals surface area contributed by atoms with Gasteiger partial charge >= 0.3 is 0 Å². The summed E-state index contributed by atoms with van der Waals surface area (Å²) in [6, 6.07) is 8.76. The number of benzene rings is 1. The van der Waals surface area contributed by atoms with Crippen LogP contribution in [0.2, 0.25) is 10.0 Å². The fourth-order valence-corrected chi connectivity index (χ4v) is 2.78. The topological polar surface area (TPSA) is 69.8 Å². The van der Waals surface area contributed by atoms with Crippen molar-refractivity contribution in [3.8, 4) is 0 Å². The monoisotopic (exact) mass is 369 g/mol. The predicted molar refractivity (Wildman–Crippen MR) is 97.7 cm³/mol. The van der Waals surface area contributed by atoms with Crippen LogP contribution in [0.25, 0.3) is 0 Å². The summed E-state index contributed by atoms with van der Waals surface area (Å²) in [4.78, 5) is 4.40. The third kappa shape index (κ3) is 5.16. The lowest BCUT2D eigenvalue weighted by Gasteiger charge is -2.19. The maximum atomic E-state index is 10.1. The van der Waals surface area contributed by atoms with Gasteiger partial charge in [0.25, 0.3) is 0 Å². The molecule has 2 rings (SSSR count). The molecule has 24 heavy (non-hydrogen) atoms. The van der Waals surface area contributed by atoms with E-state index in [1.54, 1.807) is 24.3 Å². The molecule has 0 bridgehead atoms. The molecule has 130 valence electrons. The van der Waals surface area contributed by atoms with Crippen molar-refractivity contribution < 1.29 is 9.52 Å². The molecule has 0 fully saturated rings. The highest BCUT2D eigenvalue weighted by molar-refractivity contribution is 6.35. The number of aliphatic hydroxyl groups is 1. The molecule has 7 heteroatoms. The number of nitrogens with one attached hydrogen (secondary N) is 2. The Bertz CT molecular complexity index is 674. The molecule has 1 aromatic carbocycles. The van der Waals surface area contributed by atoms with Crippen molar-refractivity contribution in [3.05, 3.63) is 58.0 Å². The van der Waals surface area contributed by atoms with Gasteiger partial charge in [-0.15, -0.1) is 0 Å². The van der Waals surface area contributed by atoms with Crippen LogP contribution in [0.5, 0.6) is 0 Å². The second-order valence-corrected chi connectivity index (χ2v) is 6.13. The van der Waals surface area contributed by atoms with Crippen molar-refractivity contribution in [2.24, 2.45) is 4.99 Å². The van der Waals surface area contributed by atoms with Crippen LogP contribution in [-0.4, -0.2) is 24.2 Å². The Labute approximate surface area is 151 Å². The second kappa shape index (κ2) is 8.97. The van der Waals surface area contributed by atoms with Crippen LogP contribution < -0.4 is 10.6 Å². The van der Waals surface area contributed by atoms with Gasteiger partial charge in [0.05, 0.1) is 18.8 Å². The van der Waals surface area contributed by atoms with Crippen LogP contribution in [0, 0.1) is 0 Å². The van der Waals surface area contributed by atoms with E-state index >= 15 is 0 Å². The number of rotatable bonds is 6. The number of furan rings is 1. The average molecular weight is 370 g/mol. The van der Waals surface area contributed by atoms with E-state index in [0.717, 1.165) is 5.56 Å². The molecule has 0 saturated carbocycles. The number of halogens is 2. The minimum absolute atomic E-state index is 0.0756. The number of guanidine groups is 1. The lowest BCUT2D eigenvalue weighted by molar-refractivity contribution is 0.158. The van der Waals surface area contributed by atoms with E-state index in [9.17, 15) is 5.11 Å². The van der Waals surface area contributed by atoms with Crippen molar-refractivity contribution in [1.82, 2.24) is 10.6 Å². The van der Waals surface area contributed by atoms with E-state index in [4.69, 9.17) is 27.6 Å². The zero-order chi connectivity index (χ0) is 17.5. The maximum Gasteiger partial charge on any atom is 0.191 e. The number of hydrogen-bond acceptors (Lipinski definition) is 3. The summed E-state index contributed by atoms with van der Waals surface area (Å²) in [5.74, 6) is 1.07. The third-order valence-corrected chi connectivity index (χ3v) is 3.98. The van der Waals surface area contributed by atoms with E-state index in [-0.39, 0.29) is 12.6 Å². The molecule has 0 aliphatic carbocycles. The van der Waals surface area contributed by atoms with E-state index < -0.39 is 6.10 Å². The first-order valence-electron chi connectivity index (χ1n) is 7.72. The predicted octanol–water partition coefficient (Wildman–Crippen LogP) is 3.94. The fourth-order valence-electron chi connectivity index (χ4n) is 2.20. The van der Waals surface area contributed by atoms with Crippen LogP contribution in [0.4, 0.5) is 0 Å². The van der Waals surface area contributed by atoms with Gasteiger partial charge < -0.3 is 20.2 Å². The summed E-state index contributed by atoms with van der Waals surface area (Å²) in [7, 11) is 0. The summed E-state index contributed by atoms with van der Waals surface area (Å²) in [6.45, 7) is 4.83. The van der Waals surface area contributed by atoms with Crippen molar-refractivity contribution in [3.63, 3.8) is 0 Å². The number of hydrogen-bond donors (Lipinski definition) is 3. The standard InChI is InChI=1S/C17H21Cl2N3O2/c1-3-20-17(21-10-15(23)16-5-4-8-24-16)22-11(2)13-7-6-12(18)9-14(13)19/h4-9,11,15,23H,3,10H2,1-2H3,(H2,20,21,22). The summed E-state index contributed by atoms with van der Waals surface area (Å²) >= 11 is 12.2. The van der Waals surface area contributed by atoms with E-state index in [1.165, 1.54) is 6.26 Å². The highest BCUT2D eigenvalue weighted by Gasteiger charge is 2.13. The Hall–Kier alpha value is -1.69. The molecule has 0 spiro atoms. The van der Waals surface area contributed by atoms with Crippen LogP contribution in [0.3, 0.4) is 0 Å². The quantitative estimate of drug-likeness (QED) is 0.532. The van der Waals surface area contributed by atoms with Crippen molar-refractivity contribution in [2.45, 2.75) is 26.0 Å². The molecule has 0 aliphatic heterocycles. The number of aliphatic hydroxyl groups excluding tert-OH is 1. The Morgan fingerprint density at radius 1 is 1.33 bits per heavy atom. The molecule has 0 amide bonds. The van der Waals surface area contributed by atoms with Crippen molar-refractivity contribution in [1.29, 1.82) is 0 Å². The van der Waals surface area contributed by atoms with Gasteiger partial charge in [0.2, 0.25) is 0 Å². The lowest BCUT2D eigenvalue weighted by atomic mass is 10.1. The zero-order valence-electron chi connectivity index (χ0n) is 13.6. The Morgan fingerprint density at radius 2 is 2.12 bits per heavy atom. The second-order valence-electron chi connectivity index (χ2n) is 5.28. The molecule has 2 aromatic rings. The van der Waals surface area contributed by atoms with Gasteiger partial charge in [-0.05, 0) is 43.7 Å². The van der Waals surface area contributed by atoms with E-state index in [0.29, 0.717) is 28.3 Å². The summed E-state index contributed by atoms with van der Waals surface area (Å²) in [5, 5.41) is 17.7. The van der Waals surface area contributed by atoms with Crippen LogP contribution in [0.15, 0.2) is 46.0 Å². The highest BCUT2D eigenvalue weighted by atomic mass is 35.5. The SMILES string of the molecule is CCNC(=NCC(O)c1ccco1)NC(C)c1ccc(Cl)cc1Cl. The van der Waals surface area contributed by atoms with Gasteiger partial charge in [0.15, 0.2) is 5.96 Å². The van der Waals surface area contributed by atoms with Gasteiger partial charge in [-0.3, -0.25) is 4.99 Å². The first-order valence-corrected chi connectivity index (χ1v) is 8.48. The fraction of sp³-hybridized carbons (Fsp3) is 0.353. The summed E-state index contributed by atoms with van der Waals surface area (Å²) < 4.78 is 5.17. The van der Waals surface area contributed by atoms with Gasteiger partial charge in [-0.2, -0.15) is 0 Å². The molecule has 3 N–H and O–H groups in total. The Morgan fingerprint density at radius 3 is 2.75 bits per heavy atom. The molecule has 0 aliphatic rings. The van der Waals surface area contributed by atoms with Gasteiger partial charge in [0, 0.05) is 16.6 Å². The minimum atomic E-state index is -0.787. The van der Waals surface area contributed by atoms with Gasteiger partial charge in [0.1, 0.15) is 11.9 Å². The summed E-state index contributed by atoms with van der Waals surface area (Å²) in [6.07, 6.45) is 0.737. The van der Waals surface area contributed by atoms with Crippen molar-refractivity contribution in [2.75, 3.05) is 13.1 Å². The molecule has 2 unspecified atom stereocenters. The Kier molecular flexibility index (Phi) is 6.97. The third-order valence-electron chi connectivity index (χ3n) is 3.42. The van der Waals surface area contributed by atoms with Gasteiger partial charge in [-0.25, -0.2) is 0 Å². The zero-order valence-corrected chi connectivity index (χ0v) is 15.1. The van der Waals surface area contributed by atoms with Crippen LogP contribution in [-0.2, 0) is 0 Å². The summed E-state index contributed by atoms with van der Waals surface area (Å²) in [5.41, 5.74) is 0.915. The molecule has 2 atom stereocenters. The van der Waals surface area contributed by atoms with E-state index in [1.807, 2.05) is 19.9 Å². The van der Waals surface area contributed by atoms with Crippen molar-refractivity contribution >= 4 is 29.2 Å². The lowest BCUT2D eigenvalue weighted by Crippen LogP contribution is -2.39. The van der Waals surface area contributed by atoms with E-state index in [2.05, 4.69) is 15.6 Å². The maximum absolute atomic E-state index is 10.1. The first-order chi connectivity index (χ1) is 11.5. The molecular weight excluding hydrogens is 349 g/mol. The molecule has 5 nitrogen and oxygen atoms in total. The Balaban J connectivity index is 2.05. The highest BCUT2D eigenvalue weighted by Crippen LogP contribution is 2.26. The van der Waals surface area contributed by atoms with Crippen LogP contribution in [0.1, 0.15) is 37.3 Å². The normalized spacial score (nSPS) is 14.3. The number of aliphatic imine (C=N–C) groups is 1. The van der Waals surface area contributed by atoms with Crippen LogP contribution >= 0.6 is 23.2 Å². The number of nitrogens with zero attached hydrogens (tertiary/aromatic N) is 1. The molecule has 1 heterocycles. The molecular formula is C17H21Cl2N3O2. The smallest absolute Gasteiger partial charge is 0.191 e. The molecule has 1 aromatic heterocycles. The first kappa shape index (κ1) is 18.6. The van der Waals surface area contributed by atoms with Gasteiger partial charge in [-0.1, -0.05) is 29.3 Å². The average Bonchev–Trinajstić information content (AvgIpc) is 3.06. The largest absolute Gasteiger partial charge is 0.467 e.